The Bertz CT molecular complexity index is 518. The summed E-state index contributed by atoms with van der Waals surface area (Å²) < 4.78 is 5.27. The second kappa shape index (κ2) is 9.61. The zero-order chi connectivity index (χ0) is 15.5. The maximum Gasteiger partial charge on any atom is 0.226 e. The second-order valence-corrected chi connectivity index (χ2v) is 6.57. The van der Waals surface area contributed by atoms with E-state index in [0.717, 1.165) is 63.4 Å². The Labute approximate surface area is 155 Å². The Morgan fingerprint density at radius 3 is 2.58 bits per heavy atom. The molecule has 138 valence electrons. The Morgan fingerprint density at radius 2 is 2.00 bits per heavy atom. The Kier molecular flexibility index (Phi) is 8.50. The number of halogens is 2. The van der Waals surface area contributed by atoms with Crippen molar-refractivity contribution in [3.8, 4) is 0 Å². The highest BCUT2D eigenvalue weighted by atomic mass is 35.5. The molecule has 2 fully saturated rings. The lowest BCUT2D eigenvalue weighted by molar-refractivity contribution is -0.138. The molecule has 0 radical (unpaired) electrons. The Morgan fingerprint density at radius 1 is 1.29 bits per heavy atom. The van der Waals surface area contributed by atoms with E-state index in [-0.39, 0.29) is 30.7 Å². The van der Waals surface area contributed by atoms with Crippen molar-refractivity contribution in [2.24, 2.45) is 17.6 Å². The van der Waals surface area contributed by atoms with Crippen molar-refractivity contribution in [3.63, 3.8) is 0 Å². The zero-order valence-corrected chi connectivity index (χ0v) is 15.8. The lowest BCUT2D eigenvalue weighted by atomic mass is 9.94. The van der Waals surface area contributed by atoms with Gasteiger partial charge < -0.3 is 15.2 Å². The Hall–Kier alpha value is -0.820. The highest BCUT2D eigenvalue weighted by molar-refractivity contribution is 5.85. The number of nitrogens with two attached hydrogens (primary N) is 1. The summed E-state index contributed by atoms with van der Waals surface area (Å²) in [4.78, 5) is 17.0. The number of carbonyl (C=O) groups excluding carboxylic acids is 1. The van der Waals surface area contributed by atoms with Gasteiger partial charge in [0.1, 0.15) is 0 Å². The van der Waals surface area contributed by atoms with Gasteiger partial charge in [0, 0.05) is 38.2 Å². The van der Waals surface area contributed by atoms with E-state index in [0.29, 0.717) is 18.4 Å². The number of aryl methyl sites for hydroxylation is 1. The molecule has 0 aromatic carbocycles. The van der Waals surface area contributed by atoms with Crippen LogP contribution in [0.2, 0.25) is 0 Å². The molecule has 1 amide bonds. The molecule has 24 heavy (non-hydrogen) atoms. The predicted molar refractivity (Wildman–Crippen MR) is 97.5 cm³/mol. The van der Waals surface area contributed by atoms with E-state index in [1.54, 1.807) is 0 Å². The normalized spacial score (nSPS) is 24.3. The maximum atomic E-state index is 12.7. The highest BCUT2D eigenvalue weighted by Crippen LogP contribution is 2.32. The van der Waals surface area contributed by atoms with E-state index in [4.69, 9.17) is 10.3 Å². The molecule has 3 rings (SSSR count). The number of hydrogen-bond donors (Lipinski definition) is 1. The molecule has 1 aromatic rings. The minimum atomic E-state index is 0. The van der Waals surface area contributed by atoms with Gasteiger partial charge in [-0.3, -0.25) is 9.69 Å². The number of hydrogen-bond acceptors (Lipinski definition) is 5. The van der Waals surface area contributed by atoms with Crippen LogP contribution in [0, 0.1) is 18.8 Å². The van der Waals surface area contributed by atoms with Gasteiger partial charge in [-0.2, -0.15) is 0 Å². The summed E-state index contributed by atoms with van der Waals surface area (Å²) in [6, 6.07) is 1.97. The molecule has 6 nitrogen and oxygen atoms in total. The van der Waals surface area contributed by atoms with Gasteiger partial charge in [-0.05, 0) is 32.2 Å². The molecule has 0 bridgehead atoms. The van der Waals surface area contributed by atoms with Crippen molar-refractivity contribution in [2.75, 3.05) is 32.7 Å². The largest absolute Gasteiger partial charge is 0.360 e. The van der Waals surface area contributed by atoms with Crippen LogP contribution < -0.4 is 5.73 Å². The highest BCUT2D eigenvalue weighted by Gasteiger charge is 2.35. The monoisotopic (exact) mass is 378 g/mol. The van der Waals surface area contributed by atoms with Gasteiger partial charge in [-0.15, -0.1) is 24.8 Å². The van der Waals surface area contributed by atoms with E-state index >= 15 is 0 Å². The smallest absolute Gasteiger partial charge is 0.226 e. The number of piperazine rings is 1. The van der Waals surface area contributed by atoms with Gasteiger partial charge in [0.2, 0.25) is 5.91 Å². The van der Waals surface area contributed by atoms with Crippen LogP contribution in [0.1, 0.15) is 30.7 Å². The standard InChI is InChI=1S/C16H26N4O2.2ClH/c1-12-9-14(22-18-12)11-19-5-7-20(8-6-19)16(21)15-4-2-3-13(15)10-17;;/h9,13,15H,2-8,10-11,17H2,1H3;2*1H/t13-,15-;;/m1../s1. The van der Waals surface area contributed by atoms with Crippen LogP contribution in [0.5, 0.6) is 0 Å². The molecule has 1 aromatic heterocycles. The molecule has 2 heterocycles. The summed E-state index contributed by atoms with van der Waals surface area (Å²) in [6.45, 7) is 6.74. The molecule has 2 N–H and O–H groups in total. The first-order valence-electron chi connectivity index (χ1n) is 8.31. The molecule has 2 aliphatic rings. The van der Waals surface area contributed by atoms with Crippen LogP contribution in [0.4, 0.5) is 0 Å². The molecule has 1 aliphatic carbocycles. The van der Waals surface area contributed by atoms with Crippen molar-refractivity contribution in [1.29, 1.82) is 0 Å². The SMILES string of the molecule is Cc1cc(CN2CCN(C(=O)[C@@H]3CCC[C@@H]3CN)CC2)on1.Cl.Cl. The van der Waals surface area contributed by atoms with Gasteiger partial charge in [0.25, 0.3) is 0 Å². The van der Waals surface area contributed by atoms with Crippen molar-refractivity contribution in [1.82, 2.24) is 15.0 Å². The third kappa shape index (κ3) is 4.85. The van der Waals surface area contributed by atoms with E-state index in [9.17, 15) is 4.79 Å². The lowest BCUT2D eigenvalue weighted by Crippen LogP contribution is -2.50. The third-order valence-electron chi connectivity index (χ3n) is 5.02. The Balaban J connectivity index is 0.00000144. The van der Waals surface area contributed by atoms with E-state index in [1.807, 2.05) is 17.9 Å². The summed E-state index contributed by atoms with van der Waals surface area (Å²) in [5, 5.41) is 3.92. The first-order chi connectivity index (χ1) is 10.7. The number of carbonyl (C=O) groups is 1. The van der Waals surface area contributed by atoms with Crippen molar-refractivity contribution in [3.05, 3.63) is 17.5 Å². The molecule has 2 atom stereocenters. The quantitative estimate of drug-likeness (QED) is 0.864. The maximum absolute atomic E-state index is 12.7. The minimum Gasteiger partial charge on any atom is -0.360 e. The zero-order valence-electron chi connectivity index (χ0n) is 14.1. The van der Waals surface area contributed by atoms with Gasteiger partial charge in [0.15, 0.2) is 5.76 Å². The predicted octanol–water partition coefficient (Wildman–Crippen LogP) is 1.85. The minimum absolute atomic E-state index is 0. The first kappa shape index (κ1) is 21.2. The van der Waals surface area contributed by atoms with Gasteiger partial charge >= 0.3 is 0 Å². The summed E-state index contributed by atoms with van der Waals surface area (Å²) in [5.74, 6) is 1.77. The van der Waals surface area contributed by atoms with E-state index < -0.39 is 0 Å². The molecule has 0 unspecified atom stereocenters. The third-order valence-corrected chi connectivity index (χ3v) is 5.02. The molecular weight excluding hydrogens is 351 g/mol. The van der Waals surface area contributed by atoms with Crippen molar-refractivity contribution in [2.45, 2.75) is 32.7 Å². The number of rotatable bonds is 4. The van der Waals surface area contributed by atoms with Gasteiger partial charge in [-0.25, -0.2) is 0 Å². The van der Waals surface area contributed by atoms with E-state index in [2.05, 4.69) is 10.1 Å². The molecule has 0 spiro atoms. The van der Waals surface area contributed by atoms with Crippen LogP contribution in [-0.2, 0) is 11.3 Å². The first-order valence-corrected chi connectivity index (χ1v) is 8.31. The van der Waals surface area contributed by atoms with Crippen molar-refractivity contribution < 1.29 is 9.32 Å². The second-order valence-electron chi connectivity index (χ2n) is 6.57. The van der Waals surface area contributed by atoms with Crippen LogP contribution in [0.25, 0.3) is 0 Å². The fraction of sp³-hybridized carbons (Fsp3) is 0.750. The topological polar surface area (TPSA) is 75.6 Å². The fourth-order valence-corrected chi connectivity index (χ4v) is 3.72. The summed E-state index contributed by atoms with van der Waals surface area (Å²) >= 11 is 0. The van der Waals surface area contributed by atoms with Crippen molar-refractivity contribution >= 4 is 30.7 Å². The van der Waals surface area contributed by atoms with Crippen LogP contribution in [0.15, 0.2) is 10.6 Å². The summed E-state index contributed by atoms with van der Waals surface area (Å²) in [7, 11) is 0. The summed E-state index contributed by atoms with van der Waals surface area (Å²) in [5.41, 5.74) is 6.72. The lowest BCUT2D eigenvalue weighted by Gasteiger charge is -2.36. The number of aromatic nitrogens is 1. The van der Waals surface area contributed by atoms with Crippen LogP contribution in [-0.4, -0.2) is 53.6 Å². The van der Waals surface area contributed by atoms with E-state index in [1.165, 1.54) is 0 Å². The van der Waals surface area contributed by atoms with Gasteiger partial charge in [0.05, 0.1) is 12.2 Å². The number of nitrogens with zero attached hydrogens (tertiary/aromatic N) is 3. The molecule has 8 heteroatoms. The molecule has 1 saturated carbocycles. The molecule has 1 saturated heterocycles. The average Bonchev–Trinajstić information content (AvgIpc) is 3.16. The summed E-state index contributed by atoms with van der Waals surface area (Å²) in [6.07, 6.45) is 3.26. The van der Waals surface area contributed by atoms with Crippen LogP contribution >= 0.6 is 24.8 Å². The van der Waals surface area contributed by atoms with Gasteiger partial charge in [-0.1, -0.05) is 11.6 Å². The average molecular weight is 379 g/mol. The molecule has 1 aliphatic heterocycles. The number of amides is 1. The molecular formula is C16H28Cl2N4O2. The fourth-order valence-electron chi connectivity index (χ4n) is 3.72. The van der Waals surface area contributed by atoms with Crippen LogP contribution in [0.3, 0.4) is 0 Å².